The van der Waals surface area contributed by atoms with E-state index in [2.05, 4.69) is 0 Å². The lowest BCUT2D eigenvalue weighted by Gasteiger charge is -2.22. The molecular weight excluding hydrogens is 337 g/mol. The van der Waals surface area contributed by atoms with Crippen LogP contribution in [0.25, 0.3) is 0 Å². The molecule has 0 fully saturated rings. The van der Waals surface area contributed by atoms with Gasteiger partial charge in [-0.15, -0.1) is 11.3 Å². The lowest BCUT2D eigenvalue weighted by atomic mass is 10.1. The van der Waals surface area contributed by atoms with Crippen molar-refractivity contribution in [1.29, 1.82) is 0 Å². The first-order chi connectivity index (χ1) is 9.38. The monoisotopic (exact) mass is 349 g/mol. The van der Waals surface area contributed by atoms with E-state index in [1.54, 1.807) is 23.5 Å². The zero-order chi connectivity index (χ0) is 14.9. The SMILES string of the molecule is Cc1ccc(C(Oc2cc(Cl)c(Cl)cc2Cl)C(C)N)s1. The Labute approximate surface area is 137 Å². The fourth-order valence-electron chi connectivity index (χ4n) is 1.76. The van der Waals surface area contributed by atoms with Gasteiger partial charge in [-0.05, 0) is 32.0 Å². The smallest absolute Gasteiger partial charge is 0.148 e. The zero-order valence-electron chi connectivity index (χ0n) is 11.0. The van der Waals surface area contributed by atoms with Gasteiger partial charge >= 0.3 is 0 Å². The minimum Gasteiger partial charge on any atom is -0.482 e. The van der Waals surface area contributed by atoms with E-state index in [1.165, 1.54) is 4.88 Å². The van der Waals surface area contributed by atoms with Crippen LogP contribution in [0.4, 0.5) is 0 Å². The normalized spacial score (nSPS) is 14.1. The third-order valence-electron chi connectivity index (χ3n) is 2.75. The minimum absolute atomic E-state index is 0.182. The van der Waals surface area contributed by atoms with Crippen LogP contribution in [0, 0.1) is 6.92 Å². The molecule has 0 aliphatic heterocycles. The molecular formula is C14H14Cl3NOS. The highest BCUT2D eigenvalue weighted by Gasteiger charge is 2.21. The second-order valence-corrected chi connectivity index (χ2v) is 7.08. The summed E-state index contributed by atoms with van der Waals surface area (Å²) < 4.78 is 5.95. The summed E-state index contributed by atoms with van der Waals surface area (Å²) in [4.78, 5) is 2.26. The molecule has 1 aromatic carbocycles. The summed E-state index contributed by atoms with van der Waals surface area (Å²) in [5.41, 5.74) is 6.02. The number of hydrogen-bond acceptors (Lipinski definition) is 3. The van der Waals surface area contributed by atoms with Crippen molar-refractivity contribution >= 4 is 46.1 Å². The Morgan fingerprint density at radius 1 is 1.10 bits per heavy atom. The molecule has 2 atom stereocenters. The molecule has 2 rings (SSSR count). The van der Waals surface area contributed by atoms with E-state index in [9.17, 15) is 0 Å². The molecule has 0 amide bonds. The summed E-state index contributed by atoms with van der Waals surface area (Å²) >= 11 is 19.7. The summed E-state index contributed by atoms with van der Waals surface area (Å²) in [7, 11) is 0. The van der Waals surface area contributed by atoms with Crippen LogP contribution in [0.1, 0.15) is 22.8 Å². The van der Waals surface area contributed by atoms with Crippen LogP contribution < -0.4 is 10.5 Å². The van der Waals surface area contributed by atoms with Gasteiger partial charge in [-0.25, -0.2) is 0 Å². The van der Waals surface area contributed by atoms with Crippen LogP contribution >= 0.6 is 46.1 Å². The molecule has 2 N–H and O–H groups in total. The fourth-order valence-corrected chi connectivity index (χ4v) is 3.37. The molecule has 1 heterocycles. The summed E-state index contributed by atoms with van der Waals surface area (Å²) in [6.45, 7) is 3.93. The summed E-state index contributed by atoms with van der Waals surface area (Å²) in [6.07, 6.45) is -0.275. The van der Waals surface area contributed by atoms with Gasteiger partial charge in [0.2, 0.25) is 0 Å². The first-order valence-corrected chi connectivity index (χ1v) is 7.96. The molecule has 108 valence electrons. The third-order valence-corrected chi connectivity index (χ3v) is 4.83. The number of rotatable bonds is 4. The van der Waals surface area contributed by atoms with E-state index < -0.39 is 0 Å². The predicted octanol–water partition coefficient (Wildman–Crippen LogP) is 5.48. The van der Waals surface area contributed by atoms with Crippen molar-refractivity contribution in [3.8, 4) is 5.75 Å². The van der Waals surface area contributed by atoms with Crippen molar-refractivity contribution in [3.05, 3.63) is 49.1 Å². The Kier molecular flexibility index (Phi) is 5.21. The Morgan fingerprint density at radius 3 is 2.30 bits per heavy atom. The van der Waals surface area contributed by atoms with Gasteiger partial charge < -0.3 is 10.5 Å². The predicted molar refractivity (Wildman–Crippen MR) is 87.5 cm³/mol. The Bertz CT molecular complexity index is 612. The van der Waals surface area contributed by atoms with Crippen LogP contribution in [0.3, 0.4) is 0 Å². The summed E-state index contributed by atoms with van der Waals surface area (Å²) in [5, 5.41) is 1.21. The number of nitrogens with two attached hydrogens (primary N) is 1. The highest BCUT2D eigenvalue weighted by atomic mass is 35.5. The first-order valence-electron chi connectivity index (χ1n) is 6.01. The topological polar surface area (TPSA) is 35.2 Å². The fraction of sp³-hybridized carbons (Fsp3) is 0.286. The number of ether oxygens (including phenoxy) is 1. The van der Waals surface area contributed by atoms with Gasteiger partial charge in [0.05, 0.1) is 15.1 Å². The molecule has 0 saturated carbocycles. The lowest BCUT2D eigenvalue weighted by Crippen LogP contribution is -2.28. The summed E-state index contributed by atoms with van der Waals surface area (Å²) in [6, 6.07) is 7.05. The van der Waals surface area contributed by atoms with Gasteiger partial charge in [0, 0.05) is 21.9 Å². The molecule has 0 aliphatic rings. The summed E-state index contributed by atoms with van der Waals surface area (Å²) in [5.74, 6) is 0.481. The van der Waals surface area contributed by atoms with Crippen LogP contribution in [-0.4, -0.2) is 6.04 Å². The Balaban J connectivity index is 2.32. The van der Waals surface area contributed by atoms with E-state index >= 15 is 0 Å². The van der Waals surface area contributed by atoms with Gasteiger partial charge in [0.1, 0.15) is 11.9 Å². The van der Waals surface area contributed by atoms with Crippen LogP contribution in [0.2, 0.25) is 15.1 Å². The number of benzene rings is 1. The maximum atomic E-state index is 6.14. The van der Waals surface area contributed by atoms with Crippen molar-refractivity contribution in [2.24, 2.45) is 5.73 Å². The second kappa shape index (κ2) is 6.54. The molecule has 0 bridgehead atoms. The molecule has 0 saturated heterocycles. The lowest BCUT2D eigenvalue weighted by molar-refractivity contribution is 0.184. The molecule has 2 nitrogen and oxygen atoms in total. The standard InChI is InChI=1S/C14H14Cl3NOS/c1-7-3-4-13(20-7)14(8(2)18)19-12-6-10(16)9(15)5-11(12)17/h3-6,8,14H,18H2,1-2H3. The van der Waals surface area contributed by atoms with Crippen molar-refractivity contribution < 1.29 is 4.74 Å². The van der Waals surface area contributed by atoms with Crippen molar-refractivity contribution in [3.63, 3.8) is 0 Å². The average Bonchev–Trinajstić information content (AvgIpc) is 2.78. The van der Waals surface area contributed by atoms with E-state index in [-0.39, 0.29) is 12.1 Å². The van der Waals surface area contributed by atoms with Gasteiger partial charge in [-0.3, -0.25) is 0 Å². The third kappa shape index (κ3) is 3.60. The maximum Gasteiger partial charge on any atom is 0.148 e. The highest BCUT2D eigenvalue weighted by Crippen LogP contribution is 2.37. The van der Waals surface area contributed by atoms with E-state index in [0.29, 0.717) is 20.8 Å². The maximum absolute atomic E-state index is 6.14. The number of halogens is 3. The van der Waals surface area contributed by atoms with Crippen molar-refractivity contribution in [2.75, 3.05) is 0 Å². The van der Waals surface area contributed by atoms with Gasteiger partial charge in [0.25, 0.3) is 0 Å². The molecule has 2 aromatic rings. The van der Waals surface area contributed by atoms with Gasteiger partial charge in [-0.2, -0.15) is 0 Å². The van der Waals surface area contributed by atoms with E-state index in [0.717, 1.165) is 4.88 Å². The quantitative estimate of drug-likeness (QED) is 0.741. The van der Waals surface area contributed by atoms with Crippen LogP contribution in [0.5, 0.6) is 5.75 Å². The molecule has 1 aromatic heterocycles. The van der Waals surface area contributed by atoms with Crippen molar-refractivity contribution in [1.82, 2.24) is 0 Å². The highest BCUT2D eigenvalue weighted by molar-refractivity contribution is 7.12. The van der Waals surface area contributed by atoms with Crippen molar-refractivity contribution in [2.45, 2.75) is 26.0 Å². The molecule has 6 heteroatoms. The van der Waals surface area contributed by atoms with Gasteiger partial charge in [-0.1, -0.05) is 34.8 Å². The molecule has 20 heavy (non-hydrogen) atoms. The van der Waals surface area contributed by atoms with Gasteiger partial charge in [0.15, 0.2) is 0 Å². The molecule has 2 unspecified atom stereocenters. The number of thiophene rings is 1. The Morgan fingerprint density at radius 2 is 1.75 bits per heavy atom. The molecule has 0 aliphatic carbocycles. The van der Waals surface area contributed by atoms with Crippen LogP contribution in [-0.2, 0) is 0 Å². The first kappa shape index (κ1) is 15.9. The minimum atomic E-state index is -0.275. The number of aryl methyl sites for hydroxylation is 1. The van der Waals surface area contributed by atoms with E-state index in [1.807, 2.05) is 26.0 Å². The van der Waals surface area contributed by atoms with Crippen LogP contribution in [0.15, 0.2) is 24.3 Å². The number of hydrogen-bond donors (Lipinski definition) is 1. The zero-order valence-corrected chi connectivity index (χ0v) is 14.1. The molecule has 0 spiro atoms. The average molecular weight is 351 g/mol. The largest absolute Gasteiger partial charge is 0.482 e. The molecule has 0 radical (unpaired) electrons. The Hall–Kier alpha value is -0.450. The second-order valence-electron chi connectivity index (χ2n) is 4.54. The van der Waals surface area contributed by atoms with E-state index in [4.69, 9.17) is 45.3 Å².